The van der Waals surface area contributed by atoms with Crippen LogP contribution in [0.2, 0.25) is 0 Å². The summed E-state index contributed by atoms with van der Waals surface area (Å²) in [6.07, 6.45) is 9.69. The number of aromatic nitrogens is 4. The largest absolute Gasteiger partial charge is 0.444 e. The first-order valence-corrected chi connectivity index (χ1v) is 8.98. The van der Waals surface area contributed by atoms with Crippen molar-refractivity contribution in [3.8, 4) is 11.5 Å². The summed E-state index contributed by atoms with van der Waals surface area (Å²) in [6, 6.07) is 10.1. The molecule has 2 aromatic heterocycles. The average molecular weight is 337 g/mol. The second kappa shape index (κ2) is 7.61. The smallest absolute Gasteiger partial charge is 0.226 e. The molecule has 2 N–H and O–H groups in total. The number of nitrogens with one attached hydrogen (secondary N) is 2. The maximum Gasteiger partial charge on any atom is 0.226 e. The molecule has 0 radical (unpaired) electrons. The Morgan fingerprint density at radius 1 is 1.16 bits per heavy atom. The van der Waals surface area contributed by atoms with Crippen LogP contribution in [-0.2, 0) is 6.54 Å². The van der Waals surface area contributed by atoms with E-state index in [2.05, 4.69) is 25.5 Å². The minimum absolute atomic E-state index is 0.180. The van der Waals surface area contributed by atoms with Crippen molar-refractivity contribution >= 4 is 0 Å². The van der Waals surface area contributed by atoms with Gasteiger partial charge in [0.15, 0.2) is 0 Å². The van der Waals surface area contributed by atoms with Crippen molar-refractivity contribution in [2.24, 2.45) is 5.92 Å². The highest BCUT2D eigenvalue weighted by molar-refractivity contribution is 5.52. The number of oxazole rings is 1. The normalized spacial score (nSPS) is 16.8. The molecule has 0 amide bonds. The molecular weight excluding hydrogens is 314 g/mol. The van der Waals surface area contributed by atoms with E-state index < -0.39 is 0 Å². The fraction of sp³-hybridized carbons (Fsp3) is 0.421. The molecule has 0 spiro atoms. The predicted octanol–water partition coefficient (Wildman–Crippen LogP) is 3.87. The first-order valence-electron chi connectivity index (χ1n) is 8.98. The van der Waals surface area contributed by atoms with Gasteiger partial charge in [0.05, 0.1) is 11.7 Å². The Bertz CT molecular complexity index is 762. The highest BCUT2D eigenvalue weighted by Crippen LogP contribution is 2.33. The standard InChI is InChI=1S/C19H23N5O/c1-3-7-14(8-4-1)17(18-21-13-22-24-18)20-11-16-12-25-19(23-16)15-9-5-2-6-10-15/h2,5-6,9-10,12-14,17,20H,1,3-4,7-8,11H2,(H,21,22,24). The lowest BCUT2D eigenvalue weighted by Gasteiger charge is -2.29. The summed E-state index contributed by atoms with van der Waals surface area (Å²) in [7, 11) is 0. The minimum Gasteiger partial charge on any atom is -0.444 e. The molecule has 1 aliphatic rings. The summed E-state index contributed by atoms with van der Waals surface area (Å²) in [6.45, 7) is 0.651. The van der Waals surface area contributed by atoms with Gasteiger partial charge in [-0.15, -0.1) is 0 Å². The molecule has 1 saturated carbocycles. The molecule has 0 saturated heterocycles. The zero-order chi connectivity index (χ0) is 16.9. The fourth-order valence-electron chi connectivity index (χ4n) is 3.63. The van der Waals surface area contributed by atoms with Crippen molar-refractivity contribution in [1.29, 1.82) is 0 Å². The summed E-state index contributed by atoms with van der Waals surface area (Å²) in [5.41, 5.74) is 1.90. The lowest BCUT2D eigenvalue weighted by Crippen LogP contribution is -2.30. The zero-order valence-corrected chi connectivity index (χ0v) is 14.2. The lowest BCUT2D eigenvalue weighted by molar-refractivity contribution is 0.262. The first kappa shape index (κ1) is 16.0. The van der Waals surface area contributed by atoms with Crippen molar-refractivity contribution in [3.05, 3.63) is 54.4 Å². The van der Waals surface area contributed by atoms with Crippen molar-refractivity contribution in [2.45, 2.75) is 44.7 Å². The second-order valence-corrected chi connectivity index (χ2v) is 6.64. The summed E-state index contributed by atoms with van der Waals surface area (Å²) >= 11 is 0. The van der Waals surface area contributed by atoms with Gasteiger partial charge in [-0.2, -0.15) is 5.10 Å². The number of aromatic amines is 1. The summed E-state index contributed by atoms with van der Waals surface area (Å²) in [5, 5.41) is 10.7. The highest BCUT2D eigenvalue weighted by Gasteiger charge is 2.27. The van der Waals surface area contributed by atoms with E-state index in [0.29, 0.717) is 18.4 Å². The maximum atomic E-state index is 5.63. The number of nitrogens with zero attached hydrogens (tertiary/aromatic N) is 3. The lowest BCUT2D eigenvalue weighted by atomic mass is 9.83. The Morgan fingerprint density at radius 3 is 2.76 bits per heavy atom. The molecule has 130 valence electrons. The van der Waals surface area contributed by atoms with E-state index in [4.69, 9.17) is 4.42 Å². The monoisotopic (exact) mass is 337 g/mol. The van der Waals surface area contributed by atoms with Gasteiger partial charge >= 0.3 is 0 Å². The van der Waals surface area contributed by atoms with E-state index >= 15 is 0 Å². The molecule has 1 atom stereocenters. The Labute approximate surface area is 147 Å². The molecule has 6 nitrogen and oxygen atoms in total. The van der Waals surface area contributed by atoms with Crippen LogP contribution in [0.25, 0.3) is 11.5 Å². The number of rotatable bonds is 6. The topological polar surface area (TPSA) is 79.6 Å². The molecule has 1 fully saturated rings. The summed E-state index contributed by atoms with van der Waals surface area (Å²) in [4.78, 5) is 8.99. The molecule has 2 heterocycles. The maximum absolute atomic E-state index is 5.63. The number of benzene rings is 1. The van der Waals surface area contributed by atoms with Crippen LogP contribution in [-0.4, -0.2) is 20.2 Å². The van der Waals surface area contributed by atoms with Crippen LogP contribution in [0.1, 0.15) is 49.7 Å². The second-order valence-electron chi connectivity index (χ2n) is 6.64. The van der Waals surface area contributed by atoms with E-state index in [1.807, 2.05) is 30.3 Å². The van der Waals surface area contributed by atoms with Crippen molar-refractivity contribution in [2.75, 3.05) is 0 Å². The Morgan fingerprint density at radius 2 is 2.00 bits per heavy atom. The van der Waals surface area contributed by atoms with Gasteiger partial charge in [-0.05, 0) is 30.9 Å². The van der Waals surface area contributed by atoms with Crippen LogP contribution < -0.4 is 5.32 Å². The predicted molar refractivity (Wildman–Crippen MR) is 94.5 cm³/mol. The molecule has 4 rings (SSSR count). The van der Waals surface area contributed by atoms with E-state index in [1.54, 1.807) is 12.6 Å². The van der Waals surface area contributed by atoms with Gasteiger partial charge in [-0.25, -0.2) is 9.97 Å². The van der Waals surface area contributed by atoms with Crippen LogP contribution in [0.3, 0.4) is 0 Å². The SMILES string of the molecule is c1ccc(-c2nc(CNC(c3ncn[nH]3)C3CCCCC3)co2)cc1. The summed E-state index contributed by atoms with van der Waals surface area (Å²) in [5.74, 6) is 2.16. The number of hydrogen-bond donors (Lipinski definition) is 2. The average Bonchev–Trinajstić information content (AvgIpc) is 3.36. The van der Waals surface area contributed by atoms with Crippen molar-refractivity contribution in [3.63, 3.8) is 0 Å². The van der Waals surface area contributed by atoms with Crippen molar-refractivity contribution < 1.29 is 4.42 Å². The van der Waals surface area contributed by atoms with E-state index in [-0.39, 0.29) is 6.04 Å². The van der Waals surface area contributed by atoms with E-state index in [1.165, 1.54) is 32.1 Å². The van der Waals surface area contributed by atoms with Gasteiger partial charge in [0.1, 0.15) is 18.4 Å². The van der Waals surface area contributed by atoms with Gasteiger partial charge in [-0.1, -0.05) is 37.5 Å². The van der Waals surface area contributed by atoms with Crippen LogP contribution in [0.4, 0.5) is 0 Å². The molecule has 1 aliphatic carbocycles. The van der Waals surface area contributed by atoms with Gasteiger partial charge in [-0.3, -0.25) is 5.10 Å². The molecule has 0 bridgehead atoms. The van der Waals surface area contributed by atoms with Gasteiger partial charge in [0, 0.05) is 12.1 Å². The first-order chi connectivity index (χ1) is 12.4. The molecule has 3 aromatic rings. The molecule has 25 heavy (non-hydrogen) atoms. The quantitative estimate of drug-likeness (QED) is 0.714. The number of hydrogen-bond acceptors (Lipinski definition) is 5. The van der Waals surface area contributed by atoms with Gasteiger partial charge in [0.2, 0.25) is 5.89 Å². The minimum atomic E-state index is 0.180. The fourth-order valence-corrected chi connectivity index (χ4v) is 3.63. The molecule has 1 unspecified atom stereocenters. The Kier molecular flexibility index (Phi) is 4.88. The van der Waals surface area contributed by atoms with E-state index in [0.717, 1.165) is 17.1 Å². The molecule has 1 aromatic carbocycles. The van der Waals surface area contributed by atoms with Crippen LogP contribution in [0.15, 0.2) is 47.3 Å². The molecule has 0 aliphatic heterocycles. The summed E-state index contributed by atoms with van der Waals surface area (Å²) < 4.78 is 5.63. The van der Waals surface area contributed by atoms with Gasteiger partial charge < -0.3 is 9.73 Å². The third-order valence-corrected chi connectivity index (χ3v) is 4.93. The van der Waals surface area contributed by atoms with Crippen molar-refractivity contribution in [1.82, 2.24) is 25.5 Å². The van der Waals surface area contributed by atoms with Crippen LogP contribution >= 0.6 is 0 Å². The number of H-pyrrole nitrogens is 1. The van der Waals surface area contributed by atoms with Crippen LogP contribution in [0, 0.1) is 5.92 Å². The van der Waals surface area contributed by atoms with E-state index in [9.17, 15) is 0 Å². The Hall–Kier alpha value is -2.47. The van der Waals surface area contributed by atoms with Crippen LogP contribution in [0.5, 0.6) is 0 Å². The third kappa shape index (κ3) is 3.79. The molecule has 6 heteroatoms. The Balaban J connectivity index is 1.45. The molecular formula is C19H23N5O. The third-order valence-electron chi connectivity index (χ3n) is 4.93. The van der Waals surface area contributed by atoms with Gasteiger partial charge in [0.25, 0.3) is 0 Å². The zero-order valence-electron chi connectivity index (χ0n) is 14.2. The highest BCUT2D eigenvalue weighted by atomic mass is 16.3.